The monoisotopic (exact) mass is 436 g/mol. The minimum absolute atomic E-state index is 0.0250. The van der Waals surface area contributed by atoms with Gasteiger partial charge in [0.15, 0.2) is 0 Å². The molecule has 2 N–H and O–H groups in total. The van der Waals surface area contributed by atoms with E-state index >= 15 is 0 Å². The number of imide groups is 1. The fourth-order valence-corrected chi connectivity index (χ4v) is 4.54. The molecule has 2 saturated heterocycles. The number of aryl methyl sites for hydroxylation is 1. The molecule has 2 aliphatic rings. The molecule has 10 nitrogen and oxygen atoms in total. The van der Waals surface area contributed by atoms with Gasteiger partial charge in [-0.3, -0.25) is 29.5 Å². The quantitative estimate of drug-likeness (QED) is 0.598. The molecule has 3 amide bonds. The van der Waals surface area contributed by atoms with Gasteiger partial charge in [0.2, 0.25) is 11.8 Å². The van der Waals surface area contributed by atoms with E-state index < -0.39 is 5.92 Å². The van der Waals surface area contributed by atoms with E-state index in [1.807, 2.05) is 30.1 Å². The Labute approximate surface area is 183 Å². The molecule has 0 radical (unpaired) electrons. The van der Waals surface area contributed by atoms with Crippen LogP contribution in [0.4, 0.5) is 0 Å². The standard InChI is InChI=1S/C22H24N6O4/c1-27-20-15(19(26-27)16-5-6-18(29)25-21(16)30)3-2-4-17(20)32-14-7-9-28(10-8-14)22(31)13-11-23-24-12-13/h2-4,11-12,14,16H,5-10H2,1H3,(H,23,24)(H,25,29,30). The summed E-state index contributed by atoms with van der Waals surface area (Å²) in [7, 11) is 1.83. The lowest BCUT2D eigenvalue weighted by atomic mass is 9.93. The summed E-state index contributed by atoms with van der Waals surface area (Å²) in [5, 5.41) is 14.4. The Morgan fingerprint density at radius 2 is 2.00 bits per heavy atom. The van der Waals surface area contributed by atoms with E-state index in [0.717, 1.165) is 23.7 Å². The van der Waals surface area contributed by atoms with Gasteiger partial charge in [-0.15, -0.1) is 0 Å². The topological polar surface area (TPSA) is 122 Å². The number of hydrogen-bond donors (Lipinski definition) is 2. The lowest BCUT2D eigenvalue weighted by Crippen LogP contribution is -2.41. The van der Waals surface area contributed by atoms with Crippen LogP contribution in [0.5, 0.6) is 5.75 Å². The van der Waals surface area contributed by atoms with Crippen molar-refractivity contribution in [3.8, 4) is 5.75 Å². The van der Waals surface area contributed by atoms with Crippen LogP contribution in [-0.2, 0) is 16.6 Å². The fourth-order valence-electron chi connectivity index (χ4n) is 4.54. The number of carbonyl (C=O) groups is 3. The number of aromatic nitrogens is 4. The normalized spacial score (nSPS) is 19.9. The van der Waals surface area contributed by atoms with E-state index in [1.165, 1.54) is 6.20 Å². The minimum Gasteiger partial charge on any atom is -0.488 e. The number of fused-ring (bicyclic) bond motifs is 1. The molecule has 2 aromatic heterocycles. The third-order valence-corrected chi connectivity index (χ3v) is 6.19. The summed E-state index contributed by atoms with van der Waals surface area (Å²) in [6, 6.07) is 5.73. The van der Waals surface area contributed by atoms with Crippen molar-refractivity contribution in [1.29, 1.82) is 0 Å². The van der Waals surface area contributed by atoms with Gasteiger partial charge in [-0.2, -0.15) is 10.2 Å². The van der Waals surface area contributed by atoms with Crippen molar-refractivity contribution in [2.75, 3.05) is 13.1 Å². The number of para-hydroxylation sites is 1. The van der Waals surface area contributed by atoms with Crippen LogP contribution in [0.25, 0.3) is 10.9 Å². The van der Waals surface area contributed by atoms with Gasteiger partial charge in [-0.05, 0) is 12.5 Å². The molecule has 10 heteroatoms. The lowest BCUT2D eigenvalue weighted by molar-refractivity contribution is -0.134. The molecule has 4 heterocycles. The molecule has 0 aliphatic carbocycles. The van der Waals surface area contributed by atoms with Crippen LogP contribution in [0, 0.1) is 0 Å². The maximum absolute atomic E-state index is 12.5. The zero-order valence-electron chi connectivity index (χ0n) is 17.7. The third-order valence-electron chi connectivity index (χ3n) is 6.19. The maximum atomic E-state index is 12.5. The first-order valence-corrected chi connectivity index (χ1v) is 10.8. The molecule has 166 valence electrons. The molecule has 3 aromatic rings. The number of likely N-dealkylation sites (tertiary alicyclic amines) is 1. The molecule has 2 aliphatic heterocycles. The number of carbonyl (C=O) groups excluding carboxylic acids is 3. The van der Waals surface area contributed by atoms with Gasteiger partial charge in [0.25, 0.3) is 5.91 Å². The van der Waals surface area contributed by atoms with E-state index in [2.05, 4.69) is 20.6 Å². The molecule has 0 saturated carbocycles. The van der Waals surface area contributed by atoms with Crippen LogP contribution in [0.2, 0.25) is 0 Å². The minimum atomic E-state index is -0.455. The van der Waals surface area contributed by atoms with E-state index in [1.54, 1.807) is 10.9 Å². The van der Waals surface area contributed by atoms with Gasteiger partial charge < -0.3 is 9.64 Å². The second-order valence-electron chi connectivity index (χ2n) is 8.26. The number of rotatable bonds is 4. The van der Waals surface area contributed by atoms with Crippen molar-refractivity contribution in [2.45, 2.75) is 37.7 Å². The number of ether oxygens (including phenoxy) is 1. The SMILES string of the molecule is Cn1nc(C2CCC(=O)NC2=O)c2cccc(OC3CCN(C(=O)c4cn[nH]c4)CC3)c21. The highest BCUT2D eigenvalue weighted by Gasteiger charge is 2.32. The van der Waals surface area contributed by atoms with Gasteiger partial charge in [0, 0.05) is 51.0 Å². The molecule has 32 heavy (non-hydrogen) atoms. The summed E-state index contributed by atoms with van der Waals surface area (Å²) in [6.45, 7) is 1.22. The average molecular weight is 436 g/mol. The molecule has 0 bridgehead atoms. The maximum Gasteiger partial charge on any atom is 0.257 e. The third kappa shape index (κ3) is 3.61. The van der Waals surface area contributed by atoms with E-state index in [-0.39, 0.29) is 23.8 Å². The van der Waals surface area contributed by atoms with Crippen molar-refractivity contribution >= 4 is 28.6 Å². The number of aromatic amines is 1. The van der Waals surface area contributed by atoms with Crippen LogP contribution in [0.15, 0.2) is 30.6 Å². The van der Waals surface area contributed by atoms with Crippen molar-refractivity contribution in [2.24, 2.45) is 7.05 Å². The van der Waals surface area contributed by atoms with Crippen LogP contribution >= 0.6 is 0 Å². The van der Waals surface area contributed by atoms with Gasteiger partial charge >= 0.3 is 0 Å². The molecule has 1 unspecified atom stereocenters. The smallest absolute Gasteiger partial charge is 0.257 e. The van der Waals surface area contributed by atoms with E-state index in [0.29, 0.717) is 42.9 Å². The van der Waals surface area contributed by atoms with Gasteiger partial charge in [-0.1, -0.05) is 12.1 Å². The number of amides is 3. The molecule has 2 fully saturated rings. The zero-order chi connectivity index (χ0) is 22.2. The van der Waals surface area contributed by atoms with Crippen molar-refractivity contribution in [3.63, 3.8) is 0 Å². The largest absolute Gasteiger partial charge is 0.488 e. The molecule has 0 spiro atoms. The number of nitrogens with zero attached hydrogens (tertiary/aromatic N) is 4. The second-order valence-corrected chi connectivity index (χ2v) is 8.26. The number of hydrogen-bond acceptors (Lipinski definition) is 6. The first-order valence-electron chi connectivity index (χ1n) is 10.8. The van der Waals surface area contributed by atoms with Crippen molar-refractivity contribution < 1.29 is 19.1 Å². The molecule has 1 aromatic carbocycles. The Morgan fingerprint density at radius 1 is 1.19 bits per heavy atom. The predicted molar refractivity (Wildman–Crippen MR) is 114 cm³/mol. The predicted octanol–water partition coefficient (Wildman–Crippen LogP) is 1.50. The first kappa shape index (κ1) is 20.2. The summed E-state index contributed by atoms with van der Waals surface area (Å²) in [4.78, 5) is 38.2. The molecule has 5 rings (SSSR count). The Morgan fingerprint density at radius 3 is 2.72 bits per heavy atom. The summed E-state index contributed by atoms with van der Waals surface area (Å²) in [6.07, 6.45) is 5.31. The van der Waals surface area contributed by atoms with Gasteiger partial charge in [0.1, 0.15) is 17.4 Å². The van der Waals surface area contributed by atoms with Crippen LogP contribution in [0.3, 0.4) is 0 Å². The number of benzene rings is 1. The Bertz CT molecular complexity index is 1180. The van der Waals surface area contributed by atoms with Crippen LogP contribution in [-0.4, -0.2) is 61.8 Å². The van der Waals surface area contributed by atoms with E-state index in [9.17, 15) is 14.4 Å². The van der Waals surface area contributed by atoms with E-state index in [4.69, 9.17) is 4.74 Å². The van der Waals surface area contributed by atoms with Crippen molar-refractivity contribution in [1.82, 2.24) is 30.2 Å². The van der Waals surface area contributed by atoms with Gasteiger partial charge in [-0.25, -0.2) is 0 Å². The fraction of sp³-hybridized carbons (Fsp3) is 0.409. The summed E-state index contributed by atoms with van der Waals surface area (Å²) < 4.78 is 8.08. The molecule has 1 atom stereocenters. The highest BCUT2D eigenvalue weighted by molar-refractivity contribution is 6.03. The number of nitrogens with one attached hydrogen (secondary N) is 2. The Balaban J connectivity index is 1.32. The number of H-pyrrole nitrogens is 1. The lowest BCUT2D eigenvalue weighted by Gasteiger charge is -2.32. The second kappa shape index (κ2) is 8.10. The summed E-state index contributed by atoms with van der Waals surface area (Å²) in [5.41, 5.74) is 2.05. The summed E-state index contributed by atoms with van der Waals surface area (Å²) >= 11 is 0. The highest BCUT2D eigenvalue weighted by atomic mass is 16.5. The zero-order valence-corrected chi connectivity index (χ0v) is 17.7. The Hall–Kier alpha value is -3.69. The molecular formula is C22H24N6O4. The number of piperidine rings is 2. The first-order chi connectivity index (χ1) is 15.5. The summed E-state index contributed by atoms with van der Waals surface area (Å²) in [5.74, 6) is -0.324. The molecular weight excluding hydrogens is 412 g/mol. The van der Waals surface area contributed by atoms with Crippen LogP contribution < -0.4 is 10.1 Å². The van der Waals surface area contributed by atoms with Crippen LogP contribution in [0.1, 0.15) is 47.7 Å². The van der Waals surface area contributed by atoms with Crippen molar-refractivity contribution in [3.05, 3.63) is 41.9 Å². The highest BCUT2D eigenvalue weighted by Crippen LogP contribution is 2.35. The van der Waals surface area contributed by atoms with Gasteiger partial charge in [0.05, 0.1) is 23.4 Å². The average Bonchev–Trinajstić information content (AvgIpc) is 3.43. The Kier molecular flexibility index (Phi) is 5.12.